The minimum absolute atomic E-state index is 0.899. The first-order valence-electron chi connectivity index (χ1n) is 15.9. The molecule has 0 spiro atoms. The fourth-order valence-electron chi connectivity index (χ4n) is 7.14. The lowest BCUT2D eigenvalue weighted by molar-refractivity contribution is 0.673. The number of thiophene rings is 1. The van der Waals surface area contributed by atoms with Crippen molar-refractivity contribution >= 4 is 64.5 Å². The highest BCUT2D eigenvalue weighted by Gasteiger charge is 2.19. The van der Waals surface area contributed by atoms with Crippen LogP contribution in [-0.4, -0.2) is 4.57 Å². The Morgan fingerprint density at radius 3 is 1.72 bits per heavy atom. The van der Waals surface area contributed by atoms with E-state index in [2.05, 4.69) is 168 Å². The number of fused-ring (bicyclic) bond motifs is 8. The minimum Gasteiger partial charge on any atom is -0.454 e. The molecular weight excluding hydrogens is 591 g/mol. The van der Waals surface area contributed by atoms with Crippen molar-refractivity contribution in [3.05, 3.63) is 164 Å². The van der Waals surface area contributed by atoms with Gasteiger partial charge in [0.05, 0.1) is 5.52 Å². The van der Waals surface area contributed by atoms with Gasteiger partial charge in [-0.2, -0.15) is 0 Å². The highest BCUT2D eigenvalue weighted by molar-refractivity contribution is 7.25. The van der Waals surface area contributed by atoms with Gasteiger partial charge in [-0.25, -0.2) is 0 Å². The SMILES string of the molecule is c1ccc(-c2ccc3c(c2)sc2cc(-c4cccc(-c5ccc6oc7c8ccccc8n(-c8ccccc8)c7c6c5)c4)ccc23)cc1. The van der Waals surface area contributed by atoms with Crippen molar-refractivity contribution in [1.82, 2.24) is 4.57 Å². The van der Waals surface area contributed by atoms with Crippen LogP contribution in [0.25, 0.3) is 92.2 Å². The van der Waals surface area contributed by atoms with Gasteiger partial charge in [0, 0.05) is 36.6 Å². The molecule has 0 radical (unpaired) electrons. The van der Waals surface area contributed by atoms with E-state index in [-0.39, 0.29) is 0 Å². The molecule has 3 heteroatoms. The number of hydrogen-bond acceptors (Lipinski definition) is 2. The number of aromatic nitrogens is 1. The van der Waals surface area contributed by atoms with Crippen molar-refractivity contribution in [1.29, 1.82) is 0 Å². The van der Waals surface area contributed by atoms with Gasteiger partial charge >= 0.3 is 0 Å². The molecule has 220 valence electrons. The molecule has 0 saturated carbocycles. The third-order valence-corrected chi connectivity index (χ3v) is 10.5. The summed E-state index contributed by atoms with van der Waals surface area (Å²) in [6.07, 6.45) is 0. The maximum absolute atomic E-state index is 6.53. The molecule has 0 atom stereocenters. The van der Waals surface area contributed by atoms with Crippen LogP contribution >= 0.6 is 11.3 Å². The quantitative estimate of drug-likeness (QED) is 0.192. The Kier molecular flexibility index (Phi) is 5.78. The molecule has 0 bridgehead atoms. The molecule has 0 N–H and O–H groups in total. The topological polar surface area (TPSA) is 18.1 Å². The predicted octanol–water partition coefficient (Wildman–Crippen LogP) is 12.9. The fraction of sp³-hybridized carbons (Fsp3) is 0. The van der Waals surface area contributed by atoms with Gasteiger partial charge in [0.15, 0.2) is 5.58 Å². The van der Waals surface area contributed by atoms with Gasteiger partial charge in [0.1, 0.15) is 11.1 Å². The summed E-state index contributed by atoms with van der Waals surface area (Å²) in [4.78, 5) is 0. The summed E-state index contributed by atoms with van der Waals surface area (Å²) in [6, 6.07) is 58.9. The van der Waals surface area contributed by atoms with Crippen molar-refractivity contribution in [2.45, 2.75) is 0 Å². The van der Waals surface area contributed by atoms with E-state index >= 15 is 0 Å². The van der Waals surface area contributed by atoms with Crippen LogP contribution in [0.15, 0.2) is 168 Å². The zero-order valence-corrected chi connectivity index (χ0v) is 26.2. The first-order valence-corrected chi connectivity index (χ1v) is 16.7. The Hall–Kier alpha value is -5.90. The molecule has 2 nitrogen and oxygen atoms in total. The second-order valence-electron chi connectivity index (χ2n) is 12.1. The van der Waals surface area contributed by atoms with E-state index in [1.165, 1.54) is 53.6 Å². The highest BCUT2D eigenvalue weighted by atomic mass is 32.1. The minimum atomic E-state index is 0.899. The molecule has 0 aliphatic heterocycles. The summed E-state index contributed by atoms with van der Waals surface area (Å²) >= 11 is 1.87. The summed E-state index contributed by atoms with van der Waals surface area (Å²) in [6.45, 7) is 0. The number of para-hydroxylation sites is 2. The van der Waals surface area contributed by atoms with Crippen molar-refractivity contribution in [2.75, 3.05) is 0 Å². The van der Waals surface area contributed by atoms with E-state index in [1.807, 2.05) is 11.3 Å². The summed E-state index contributed by atoms with van der Waals surface area (Å²) in [5.41, 5.74) is 12.5. The van der Waals surface area contributed by atoms with E-state index in [4.69, 9.17) is 4.42 Å². The van der Waals surface area contributed by atoms with Crippen molar-refractivity contribution in [3.8, 4) is 39.1 Å². The van der Waals surface area contributed by atoms with Gasteiger partial charge in [-0.3, -0.25) is 0 Å². The second-order valence-corrected chi connectivity index (χ2v) is 13.2. The van der Waals surface area contributed by atoms with Crippen LogP contribution in [0.3, 0.4) is 0 Å². The van der Waals surface area contributed by atoms with Gasteiger partial charge in [-0.05, 0) is 88.0 Å². The highest BCUT2D eigenvalue weighted by Crippen LogP contribution is 2.41. The zero-order valence-electron chi connectivity index (χ0n) is 25.4. The van der Waals surface area contributed by atoms with Crippen molar-refractivity contribution < 1.29 is 4.42 Å². The molecule has 0 aliphatic rings. The van der Waals surface area contributed by atoms with Crippen LogP contribution < -0.4 is 0 Å². The van der Waals surface area contributed by atoms with E-state index in [0.29, 0.717) is 0 Å². The van der Waals surface area contributed by atoms with Crippen molar-refractivity contribution in [3.63, 3.8) is 0 Å². The third kappa shape index (κ3) is 4.17. The lowest BCUT2D eigenvalue weighted by Gasteiger charge is -2.09. The average molecular weight is 618 g/mol. The van der Waals surface area contributed by atoms with E-state index in [9.17, 15) is 0 Å². The maximum atomic E-state index is 6.53. The number of furan rings is 1. The number of hydrogen-bond donors (Lipinski definition) is 0. The number of nitrogens with zero attached hydrogens (tertiary/aromatic N) is 1. The Labute approximate surface area is 275 Å². The predicted molar refractivity (Wildman–Crippen MR) is 200 cm³/mol. The Bertz CT molecular complexity index is 2780. The van der Waals surface area contributed by atoms with Crippen LogP contribution in [0.4, 0.5) is 0 Å². The third-order valence-electron chi connectivity index (χ3n) is 9.40. The first kappa shape index (κ1) is 26.3. The van der Waals surface area contributed by atoms with Crippen molar-refractivity contribution in [2.24, 2.45) is 0 Å². The van der Waals surface area contributed by atoms with E-state index < -0.39 is 0 Å². The Morgan fingerprint density at radius 1 is 0.404 bits per heavy atom. The Morgan fingerprint density at radius 2 is 0.979 bits per heavy atom. The van der Waals surface area contributed by atoms with Crippen LogP contribution in [-0.2, 0) is 0 Å². The molecule has 3 aromatic heterocycles. The molecule has 7 aromatic carbocycles. The summed E-state index contributed by atoms with van der Waals surface area (Å²) in [7, 11) is 0. The number of rotatable bonds is 4. The molecule has 0 saturated heterocycles. The maximum Gasteiger partial charge on any atom is 0.161 e. The fourth-order valence-corrected chi connectivity index (χ4v) is 8.32. The van der Waals surface area contributed by atoms with Gasteiger partial charge in [0.25, 0.3) is 0 Å². The van der Waals surface area contributed by atoms with Crippen LogP contribution in [0.5, 0.6) is 0 Å². The molecule has 0 aliphatic carbocycles. The zero-order chi connectivity index (χ0) is 30.9. The number of benzene rings is 7. The molecule has 10 rings (SSSR count). The Balaban J connectivity index is 1.08. The molecule has 10 aromatic rings. The molecular formula is C44H27NOS. The lowest BCUT2D eigenvalue weighted by Crippen LogP contribution is -1.92. The molecule has 0 unspecified atom stereocenters. The monoisotopic (exact) mass is 617 g/mol. The summed E-state index contributed by atoms with van der Waals surface area (Å²) in [5.74, 6) is 0. The van der Waals surface area contributed by atoms with Gasteiger partial charge in [0.2, 0.25) is 0 Å². The summed E-state index contributed by atoms with van der Waals surface area (Å²) in [5, 5.41) is 4.87. The standard InChI is InChI=1S/C44H27NOS/c1-3-10-28(11-4-1)32-18-21-35-36-22-19-33(27-42(36)47-41(35)26-32)30-13-9-12-29(24-30)31-20-23-40-38(25-31)43-44(46-40)37-16-7-8-17-39(37)45(43)34-14-5-2-6-15-34/h1-27H. The van der Waals surface area contributed by atoms with Crippen LogP contribution in [0, 0.1) is 0 Å². The van der Waals surface area contributed by atoms with Crippen LogP contribution in [0.2, 0.25) is 0 Å². The average Bonchev–Trinajstić information content (AvgIpc) is 3.80. The van der Waals surface area contributed by atoms with E-state index in [0.717, 1.165) is 38.7 Å². The van der Waals surface area contributed by atoms with E-state index in [1.54, 1.807) is 0 Å². The summed E-state index contributed by atoms with van der Waals surface area (Å²) < 4.78 is 11.5. The molecule has 47 heavy (non-hydrogen) atoms. The molecule has 3 heterocycles. The second kappa shape index (κ2) is 10.3. The molecule has 0 amide bonds. The smallest absolute Gasteiger partial charge is 0.161 e. The van der Waals surface area contributed by atoms with Gasteiger partial charge in [-0.1, -0.05) is 109 Å². The molecule has 0 fully saturated rings. The van der Waals surface area contributed by atoms with Gasteiger partial charge in [-0.15, -0.1) is 11.3 Å². The lowest BCUT2D eigenvalue weighted by atomic mass is 9.97. The first-order chi connectivity index (χ1) is 23.3. The van der Waals surface area contributed by atoms with Gasteiger partial charge < -0.3 is 8.98 Å². The van der Waals surface area contributed by atoms with Crippen LogP contribution in [0.1, 0.15) is 0 Å². The normalized spacial score (nSPS) is 11.8. The largest absolute Gasteiger partial charge is 0.454 e.